The van der Waals surface area contributed by atoms with Gasteiger partial charge in [0.15, 0.2) is 0 Å². The number of hydrogen-bond acceptors (Lipinski definition) is 4. The third kappa shape index (κ3) is 7.24. The number of aliphatic imine (C=N–C) groups is 1. The Morgan fingerprint density at radius 3 is 2.68 bits per heavy atom. The van der Waals surface area contributed by atoms with Crippen LogP contribution >= 0.6 is 0 Å². The summed E-state index contributed by atoms with van der Waals surface area (Å²) >= 11 is 0. The molecule has 1 aromatic rings. The Labute approximate surface area is 169 Å². The highest BCUT2D eigenvalue weighted by Crippen LogP contribution is 2.16. The number of allylic oxidation sites excluding steroid dienone is 5. The van der Waals surface area contributed by atoms with Crippen molar-refractivity contribution in [1.82, 2.24) is 15.5 Å². The zero-order valence-corrected chi connectivity index (χ0v) is 17.4. The molecule has 3 rings (SSSR count). The standard InChI is InChI=1S/C13H19N3O.C10H15N/c1-11(16-8-6-14-7-9-16)15-10-12-4-2-3-5-13(12)17;1-3-9-5-4-6-10(11-2)8-7-9/h2-5,14,17H,6-10H2,1H3;4-6,8,11H,3,7H2,1-2H3. The Kier molecular flexibility index (Phi) is 9.35. The molecule has 1 heterocycles. The first kappa shape index (κ1) is 21.8. The lowest BCUT2D eigenvalue weighted by atomic mass is 10.1. The van der Waals surface area contributed by atoms with Crippen LogP contribution in [0.5, 0.6) is 5.75 Å². The van der Waals surface area contributed by atoms with Gasteiger partial charge in [-0.1, -0.05) is 48.9 Å². The van der Waals surface area contributed by atoms with Gasteiger partial charge in [-0.05, 0) is 31.9 Å². The van der Waals surface area contributed by atoms with E-state index in [2.05, 4.69) is 51.8 Å². The Bertz CT molecular complexity index is 728. The molecule has 0 amide bonds. The monoisotopic (exact) mass is 382 g/mol. The van der Waals surface area contributed by atoms with Crippen LogP contribution in [-0.4, -0.2) is 49.1 Å². The smallest absolute Gasteiger partial charge is 0.120 e. The van der Waals surface area contributed by atoms with Gasteiger partial charge in [-0.2, -0.15) is 0 Å². The average molecular weight is 383 g/mol. The molecule has 2 aliphatic rings. The summed E-state index contributed by atoms with van der Waals surface area (Å²) < 4.78 is 0. The largest absolute Gasteiger partial charge is 0.508 e. The molecule has 0 aromatic heterocycles. The number of phenolic OH excluding ortho intramolecular Hbond substituents is 1. The summed E-state index contributed by atoms with van der Waals surface area (Å²) in [5.41, 5.74) is 3.58. The molecule has 0 atom stereocenters. The van der Waals surface area contributed by atoms with Crippen molar-refractivity contribution in [3.8, 4) is 5.75 Å². The maximum absolute atomic E-state index is 9.64. The van der Waals surface area contributed by atoms with E-state index in [9.17, 15) is 5.11 Å². The van der Waals surface area contributed by atoms with Gasteiger partial charge in [0.1, 0.15) is 5.75 Å². The molecule has 1 saturated heterocycles. The van der Waals surface area contributed by atoms with E-state index < -0.39 is 0 Å². The number of nitrogens with one attached hydrogen (secondary N) is 2. The average Bonchev–Trinajstić information content (AvgIpc) is 2.99. The Morgan fingerprint density at radius 2 is 2.00 bits per heavy atom. The normalized spacial score (nSPS) is 17.1. The van der Waals surface area contributed by atoms with Crippen molar-refractivity contribution in [3.63, 3.8) is 0 Å². The number of piperazine rings is 1. The number of hydrogen-bond donors (Lipinski definition) is 3. The van der Waals surface area contributed by atoms with E-state index in [1.807, 2.05) is 32.2 Å². The highest BCUT2D eigenvalue weighted by atomic mass is 16.3. The summed E-state index contributed by atoms with van der Waals surface area (Å²) in [6.07, 6.45) is 10.9. The molecule has 1 aromatic carbocycles. The lowest BCUT2D eigenvalue weighted by molar-refractivity contribution is 0.354. The number of benzene rings is 1. The van der Waals surface area contributed by atoms with E-state index in [4.69, 9.17) is 0 Å². The molecule has 0 unspecified atom stereocenters. The van der Waals surface area contributed by atoms with Gasteiger partial charge < -0.3 is 20.6 Å². The summed E-state index contributed by atoms with van der Waals surface area (Å²) in [4.78, 5) is 6.81. The molecule has 5 heteroatoms. The zero-order valence-electron chi connectivity index (χ0n) is 17.4. The van der Waals surface area contributed by atoms with Gasteiger partial charge in [-0.15, -0.1) is 0 Å². The number of rotatable bonds is 4. The summed E-state index contributed by atoms with van der Waals surface area (Å²) in [6, 6.07) is 7.35. The first-order valence-electron chi connectivity index (χ1n) is 10.1. The molecule has 3 N–H and O–H groups in total. The minimum Gasteiger partial charge on any atom is -0.508 e. The van der Waals surface area contributed by atoms with Crippen LogP contribution in [0.15, 0.2) is 64.8 Å². The van der Waals surface area contributed by atoms with Crippen molar-refractivity contribution < 1.29 is 5.11 Å². The van der Waals surface area contributed by atoms with E-state index in [1.54, 1.807) is 6.07 Å². The summed E-state index contributed by atoms with van der Waals surface area (Å²) in [5, 5.41) is 16.1. The maximum Gasteiger partial charge on any atom is 0.120 e. The fourth-order valence-electron chi connectivity index (χ4n) is 3.05. The molecular formula is C23H34N4O. The number of aromatic hydroxyl groups is 1. The maximum atomic E-state index is 9.64. The first-order chi connectivity index (χ1) is 13.6. The molecule has 0 bridgehead atoms. The van der Waals surface area contributed by atoms with Crippen LogP contribution in [0, 0.1) is 0 Å². The zero-order chi connectivity index (χ0) is 20.2. The van der Waals surface area contributed by atoms with Crippen molar-refractivity contribution in [3.05, 3.63) is 65.4 Å². The summed E-state index contributed by atoms with van der Waals surface area (Å²) in [6.45, 7) is 8.82. The van der Waals surface area contributed by atoms with Gasteiger partial charge in [0.05, 0.1) is 12.4 Å². The number of para-hydroxylation sites is 1. The lowest BCUT2D eigenvalue weighted by Gasteiger charge is -2.28. The van der Waals surface area contributed by atoms with E-state index in [-0.39, 0.29) is 0 Å². The predicted molar refractivity (Wildman–Crippen MR) is 119 cm³/mol. The van der Waals surface area contributed by atoms with Crippen molar-refractivity contribution >= 4 is 5.84 Å². The quantitative estimate of drug-likeness (QED) is 0.550. The van der Waals surface area contributed by atoms with Crippen LogP contribution in [0.3, 0.4) is 0 Å². The fourth-order valence-corrected chi connectivity index (χ4v) is 3.05. The van der Waals surface area contributed by atoms with Crippen LogP contribution < -0.4 is 10.6 Å². The second-order valence-corrected chi connectivity index (χ2v) is 6.88. The highest BCUT2D eigenvalue weighted by Gasteiger charge is 2.10. The van der Waals surface area contributed by atoms with Crippen molar-refractivity contribution in [2.24, 2.45) is 4.99 Å². The second-order valence-electron chi connectivity index (χ2n) is 6.88. The van der Waals surface area contributed by atoms with Crippen molar-refractivity contribution in [2.45, 2.75) is 33.2 Å². The molecule has 1 aliphatic heterocycles. The minimum atomic E-state index is 0.323. The lowest BCUT2D eigenvalue weighted by Crippen LogP contribution is -2.45. The third-order valence-corrected chi connectivity index (χ3v) is 4.98. The molecule has 0 spiro atoms. The topological polar surface area (TPSA) is 59.9 Å². The number of amidine groups is 1. The molecule has 0 saturated carbocycles. The Morgan fingerprint density at radius 1 is 1.25 bits per heavy atom. The summed E-state index contributed by atoms with van der Waals surface area (Å²) in [5.74, 6) is 1.37. The highest BCUT2D eigenvalue weighted by molar-refractivity contribution is 5.79. The SMILES string of the molecule is CC(=NCc1ccccc1O)N1CCNCC1.CCC1=CC=CC(NC)=CC1. The van der Waals surface area contributed by atoms with Gasteiger partial charge in [-0.25, -0.2) is 0 Å². The van der Waals surface area contributed by atoms with Crippen LogP contribution in [0.4, 0.5) is 0 Å². The second kappa shape index (κ2) is 12.0. The molecule has 1 aliphatic carbocycles. The molecule has 152 valence electrons. The number of likely N-dealkylation sites (N-methyl/N-ethyl adjacent to an activating group) is 1. The van der Waals surface area contributed by atoms with Gasteiger partial charge in [0, 0.05) is 44.5 Å². The van der Waals surface area contributed by atoms with Gasteiger partial charge >= 0.3 is 0 Å². The molecule has 0 radical (unpaired) electrons. The van der Waals surface area contributed by atoms with Crippen molar-refractivity contribution in [1.29, 1.82) is 0 Å². The van der Waals surface area contributed by atoms with Gasteiger partial charge in [0.25, 0.3) is 0 Å². The van der Waals surface area contributed by atoms with Crippen molar-refractivity contribution in [2.75, 3.05) is 33.2 Å². The predicted octanol–water partition coefficient (Wildman–Crippen LogP) is 3.60. The van der Waals surface area contributed by atoms with E-state index in [1.165, 1.54) is 11.3 Å². The number of phenols is 1. The number of nitrogens with zero attached hydrogens (tertiary/aromatic N) is 2. The van der Waals surface area contributed by atoms with Crippen LogP contribution in [0.1, 0.15) is 32.3 Å². The van der Waals surface area contributed by atoms with Crippen LogP contribution in [-0.2, 0) is 6.54 Å². The molecule has 1 fully saturated rings. The van der Waals surface area contributed by atoms with Crippen LogP contribution in [0.25, 0.3) is 0 Å². The summed E-state index contributed by atoms with van der Waals surface area (Å²) in [7, 11) is 1.95. The van der Waals surface area contributed by atoms with E-state index in [0.717, 1.165) is 50.4 Å². The first-order valence-corrected chi connectivity index (χ1v) is 10.1. The fraction of sp³-hybridized carbons (Fsp3) is 0.435. The van der Waals surface area contributed by atoms with E-state index in [0.29, 0.717) is 12.3 Å². The third-order valence-electron chi connectivity index (χ3n) is 4.98. The Balaban J connectivity index is 0.000000221. The van der Waals surface area contributed by atoms with Gasteiger partial charge in [-0.3, -0.25) is 4.99 Å². The van der Waals surface area contributed by atoms with Crippen LogP contribution in [0.2, 0.25) is 0 Å². The molecular weight excluding hydrogens is 348 g/mol. The van der Waals surface area contributed by atoms with Gasteiger partial charge in [0.2, 0.25) is 0 Å². The van der Waals surface area contributed by atoms with E-state index >= 15 is 0 Å². The molecule has 28 heavy (non-hydrogen) atoms. The molecule has 5 nitrogen and oxygen atoms in total. The Hall–Kier alpha value is -2.53. The minimum absolute atomic E-state index is 0.323.